The Balaban J connectivity index is 1.74. The first-order valence-electron chi connectivity index (χ1n) is 7.01. The number of nitrogens with zero attached hydrogens (tertiary/aromatic N) is 5. The predicted octanol–water partition coefficient (Wildman–Crippen LogP) is 0.120. The summed E-state index contributed by atoms with van der Waals surface area (Å²) in [5, 5.41) is 0. The number of nitrogens with two attached hydrogens (primary N) is 1. The molecule has 3 rings (SSSR count). The lowest BCUT2D eigenvalue weighted by Gasteiger charge is -2.37. The number of hydrogen-bond acceptors (Lipinski definition) is 6. The zero-order chi connectivity index (χ0) is 13.4. The van der Waals surface area contributed by atoms with Gasteiger partial charge in [-0.1, -0.05) is 0 Å². The lowest BCUT2D eigenvalue weighted by molar-refractivity contribution is 0.113. The molecule has 6 heteroatoms. The summed E-state index contributed by atoms with van der Waals surface area (Å²) < 4.78 is 0. The summed E-state index contributed by atoms with van der Waals surface area (Å²) in [6.07, 6.45) is 3.23. The van der Waals surface area contributed by atoms with Crippen molar-refractivity contribution in [3.63, 3.8) is 0 Å². The van der Waals surface area contributed by atoms with E-state index in [9.17, 15) is 0 Å². The second kappa shape index (κ2) is 5.02. The number of nitrogen functional groups attached to an aromatic ring is 1. The summed E-state index contributed by atoms with van der Waals surface area (Å²) >= 11 is 0. The molecule has 1 saturated carbocycles. The van der Waals surface area contributed by atoms with E-state index in [-0.39, 0.29) is 0 Å². The minimum Gasteiger partial charge on any atom is -0.368 e. The average Bonchev–Trinajstić information content (AvgIpc) is 3.17. The Morgan fingerprint density at radius 1 is 1.16 bits per heavy atom. The third-order valence-electron chi connectivity index (χ3n) is 4.06. The Morgan fingerprint density at radius 2 is 1.95 bits per heavy atom. The number of aromatic nitrogens is 3. The van der Waals surface area contributed by atoms with Gasteiger partial charge >= 0.3 is 0 Å². The van der Waals surface area contributed by atoms with Crippen LogP contribution in [-0.4, -0.2) is 64.5 Å². The maximum Gasteiger partial charge on any atom is 0.223 e. The van der Waals surface area contributed by atoms with Gasteiger partial charge in [0.05, 0.1) is 0 Å². The molecule has 0 bridgehead atoms. The van der Waals surface area contributed by atoms with Crippen LogP contribution in [0.25, 0.3) is 0 Å². The quantitative estimate of drug-likeness (QED) is 0.834. The fourth-order valence-corrected chi connectivity index (χ4v) is 2.60. The number of hydrogen-bond donors (Lipinski definition) is 1. The van der Waals surface area contributed by atoms with Crippen LogP contribution in [0.2, 0.25) is 0 Å². The molecule has 0 amide bonds. The summed E-state index contributed by atoms with van der Waals surface area (Å²) in [7, 11) is 4.33. The summed E-state index contributed by atoms with van der Waals surface area (Å²) in [4.78, 5) is 17.9. The van der Waals surface area contributed by atoms with Gasteiger partial charge in [0.2, 0.25) is 5.95 Å². The van der Waals surface area contributed by atoms with Crippen LogP contribution < -0.4 is 5.73 Å². The zero-order valence-electron chi connectivity index (χ0n) is 11.7. The Kier molecular flexibility index (Phi) is 3.36. The van der Waals surface area contributed by atoms with Crippen molar-refractivity contribution in [3.05, 3.63) is 11.6 Å². The molecule has 1 aliphatic carbocycles. The van der Waals surface area contributed by atoms with Crippen molar-refractivity contribution in [2.45, 2.75) is 31.2 Å². The van der Waals surface area contributed by atoms with Gasteiger partial charge in [-0.25, -0.2) is 4.98 Å². The summed E-state index contributed by atoms with van der Waals surface area (Å²) in [6.45, 7) is 3.28. The highest BCUT2D eigenvalue weighted by atomic mass is 15.3. The van der Waals surface area contributed by atoms with Crippen molar-refractivity contribution in [1.82, 2.24) is 24.8 Å². The molecule has 1 unspecified atom stereocenters. The van der Waals surface area contributed by atoms with E-state index >= 15 is 0 Å². The van der Waals surface area contributed by atoms with Crippen LogP contribution in [0.3, 0.4) is 0 Å². The first-order valence-corrected chi connectivity index (χ1v) is 7.01. The van der Waals surface area contributed by atoms with Gasteiger partial charge in [-0.2, -0.15) is 9.97 Å². The first-order chi connectivity index (χ1) is 9.11. The van der Waals surface area contributed by atoms with E-state index in [1.54, 1.807) is 0 Å². The van der Waals surface area contributed by atoms with E-state index in [2.05, 4.69) is 38.8 Å². The van der Waals surface area contributed by atoms with Crippen molar-refractivity contribution < 1.29 is 0 Å². The Bertz CT molecular complexity index is 458. The second-order valence-corrected chi connectivity index (χ2v) is 5.84. The fraction of sp³-hybridized carbons (Fsp3) is 0.769. The van der Waals surface area contributed by atoms with Crippen LogP contribution in [0.15, 0.2) is 0 Å². The summed E-state index contributed by atoms with van der Waals surface area (Å²) in [5.74, 6) is 2.64. The number of anilines is 1. The first kappa shape index (κ1) is 12.7. The molecule has 0 radical (unpaired) electrons. The molecular weight excluding hydrogens is 240 g/mol. The average molecular weight is 262 g/mol. The van der Waals surface area contributed by atoms with Crippen LogP contribution in [0.5, 0.6) is 0 Å². The minimum atomic E-state index is 0.374. The van der Waals surface area contributed by atoms with Crippen LogP contribution in [0.1, 0.15) is 30.4 Å². The molecule has 1 aliphatic heterocycles. The van der Waals surface area contributed by atoms with Gasteiger partial charge in [0.1, 0.15) is 11.6 Å². The molecule has 1 atom stereocenters. The maximum absolute atomic E-state index is 5.81. The van der Waals surface area contributed by atoms with Crippen molar-refractivity contribution in [2.75, 3.05) is 39.5 Å². The lowest BCUT2D eigenvalue weighted by Crippen LogP contribution is -2.51. The molecule has 1 aromatic heterocycles. The molecule has 2 heterocycles. The molecule has 19 heavy (non-hydrogen) atoms. The van der Waals surface area contributed by atoms with E-state index in [1.165, 1.54) is 12.8 Å². The lowest BCUT2D eigenvalue weighted by atomic mass is 10.1. The topological polar surface area (TPSA) is 71.2 Å². The van der Waals surface area contributed by atoms with Gasteiger partial charge in [-0.05, 0) is 26.9 Å². The number of piperazine rings is 1. The predicted molar refractivity (Wildman–Crippen MR) is 73.8 cm³/mol. The van der Waals surface area contributed by atoms with Crippen molar-refractivity contribution in [2.24, 2.45) is 0 Å². The van der Waals surface area contributed by atoms with E-state index in [1.807, 2.05) is 0 Å². The largest absolute Gasteiger partial charge is 0.368 e. The third-order valence-corrected chi connectivity index (χ3v) is 4.06. The zero-order valence-corrected chi connectivity index (χ0v) is 11.7. The van der Waals surface area contributed by atoms with Gasteiger partial charge in [-0.3, -0.25) is 0 Å². The molecule has 1 aromatic rings. The van der Waals surface area contributed by atoms with E-state index in [0.717, 1.165) is 37.7 Å². The smallest absolute Gasteiger partial charge is 0.223 e. The van der Waals surface area contributed by atoms with Crippen LogP contribution >= 0.6 is 0 Å². The Morgan fingerprint density at radius 3 is 2.68 bits per heavy atom. The second-order valence-electron chi connectivity index (χ2n) is 5.84. The molecule has 2 N–H and O–H groups in total. The maximum atomic E-state index is 5.81. The Labute approximate surface area is 114 Å². The normalized spacial score (nSPS) is 25.7. The van der Waals surface area contributed by atoms with Crippen molar-refractivity contribution in [1.29, 1.82) is 0 Å². The molecule has 0 spiro atoms. The van der Waals surface area contributed by atoms with E-state index in [0.29, 0.717) is 17.9 Å². The highest BCUT2D eigenvalue weighted by Gasteiger charge is 2.29. The summed E-state index contributed by atoms with van der Waals surface area (Å²) in [5.41, 5.74) is 5.81. The van der Waals surface area contributed by atoms with Gasteiger partial charge < -0.3 is 15.5 Å². The summed E-state index contributed by atoms with van der Waals surface area (Å²) in [6, 6.07) is 0.465. The molecule has 2 aliphatic rings. The fourth-order valence-electron chi connectivity index (χ4n) is 2.60. The van der Waals surface area contributed by atoms with Gasteiger partial charge in [0, 0.05) is 38.0 Å². The molecule has 6 nitrogen and oxygen atoms in total. The molecule has 0 aromatic carbocycles. The third kappa shape index (κ3) is 3.01. The Hall–Kier alpha value is -1.27. The molecule has 104 valence electrons. The molecule has 1 saturated heterocycles. The highest BCUT2D eigenvalue weighted by Crippen LogP contribution is 2.38. The van der Waals surface area contributed by atoms with Crippen molar-refractivity contribution >= 4 is 5.95 Å². The SMILES string of the molecule is CN1CCN(C)C(Cc2nc(N)nc(C3CC3)n2)C1. The van der Waals surface area contributed by atoms with Crippen molar-refractivity contribution in [3.8, 4) is 0 Å². The van der Waals surface area contributed by atoms with Gasteiger partial charge in [-0.15, -0.1) is 0 Å². The number of likely N-dealkylation sites (N-methyl/N-ethyl adjacent to an activating group) is 2. The molecular formula is C13H22N6. The van der Waals surface area contributed by atoms with E-state index in [4.69, 9.17) is 5.73 Å². The van der Waals surface area contributed by atoms with E-state index < -0.39 is 0 Å². The molecule has 2 fully saturated rings. The standard InChI is InChI=1S/C13H22N6/c1-18-5-6-19(2)10(8-18)7-11-15-12(9-3-4-9)17-13(14)16-11/h9-10H,3-8H2,1-2H3,(H2,14,15,16,17). The van der Waals surface area contributed by atoms with Gasteiger partial charge in [0.25, 0.3) is 0 Å². The monoisotopic (exact) mass is 262 g/mol. The van der Waals surface area contributed by atoms with Crippen LogP contribution in [-0.2, 0) is 6.42 Å². The highest BCUT2D eigenvalue weighted by molar-refractivity contribution is 5.20. The van der Waals surface area contributed by atoms with Crippen LogP contribution in [0.4, 0.5) is 5.95 Å². The number of rotatable bonds is 3. The van der Waals surface area contributed by atoms with Crippen LogP contribution in [0, 0.1) is 0 Å². The minimum absolute atomic E-state index is 0.374. The van der Waals surface area contributed by atoms with Gasteiger partial charge in [0.15, 0.2) is 0 Å².